The second-order valence-corrected chi connectivity index (χ2v) is 10.6. The maximum absolute atomic E-state index is 12.3. The summed E-state index contributed by atoms with van der Waals surface area (Å²) in [6.07, 6.45) is 5.23. The molecule has 1 aromatic heterocycles. The summed E-state index contributed by atoms with van der Waals surface area (Å²) in [5, 5.41) is 17.0. The number of ether oxygens (including phenoxy) is 2. The molecular weight excluding hydrogens is 442 g/mol. The van der Waals surface area contributed by atoms with Crippen LogP contribution in [-0.2, 0) is 4.74 Å². The zero-order valence-corrected chi connectivity index (χ0v) is 20.9. The lowest BCUT2D eigenvalue weighted by atomic mass is 9.86. The van der Waals surface area contributed by atoms with Crippen LogP contribution < -0.4 is 16.0 Å². The molecule has 1 aliphatic carbocycles. The molecule has 188 valence electrons. The summed E-state index contributed by atoms with van der Waals surface area (Å²) in [4.78, 5) is 14.1. The molecule has 8 heteroatoms. The van der Waals surface area contributed by atoms with Crippen molar-refractivity contribution in [3.8, 4) is 5.75 Å². The Hall–Kier alpha value is -3.13. The van der Waals surface area contributed by atoms with Gasteiger partial charge in [0.15, 0.2) is 0 Å². The molecule has 1 aromatic carbocycles. The van der Waals surface area contributed by atoms with E-state index in [1.807, 2.05) is 32.9 Å². The molecule has 35 heavy (non-hydrogen) atoms. The summed E-state index contributed by atoms with van der Waals surface area (Å²) in [5.41, 5.74) is 8.27. The fourth-order valence-corrected chi connectivity index (χ4v) is 4.86. The molecule has 2 aromatic rings. The minimum atomic E-state index is -0.504. The highest BCUT2D eigenvalue weighted by Gasteiger charge is 2.28. The number of nitrogens with one attached hydrogen (secondary N) is 2. The molecule has 0 unspecified atom stereocenters. The van der Waals surface area contributed by atoms with E-state index in [1.165, 1.54) is 0 Å². The first kappa shape index (κ1) is 25.0. The van der Waals surface area contributed by atoms with Gasteiger partial charge in [-0.1, -0.05) is 24.3 Å². The number of fused-ring (bicyclic) bond motifs is 1. The van der Waals surface area contributed by atoms with Crippen LogP contribution in [0.3, 0.4) is 0 Å². The Bertz CT molecular complexity index is 1130. The molecule has 1 fully saturated rings. The lowest BCUT2D eigenvalue weighted by Gasteiger charge is -2.33. The Morgan fingerprint density at radius 3 is 2.43 bits per heavy atom. The summed E-state index contributed by atoms with van der Waals surface area (Å²) < 4.78 is 13.4. The highest BCUT2D eigenvalue weighted by atomic mass is 16.6. The number of amides is 1. The molecule has 0 spiro atoms. The lowest BCUT2D eigenvalue weighted by Crippen LogP contribution is -2.42. The number of nitrogens with two attached hydrogens (primary N) is 1. The number of benzene rings is 1. The number of carbonyl (C=O) groups is 1. The van der Waals surface area contributed by atoms with Gasteiger partial charge in [0.25, 0.3) is 0 Å². The van der Waals surface area contributed by atoms with Gasteiger partial charge in [-0.3, -0.25) is 15.4 Å². The number of aromatic nitrogens is 1. The Morgan fingerprint density at radius 2 is 1.74 bits per heavy atom. The van der Waals surface area contributed by atoms with Gasteiger partial charge in [0, 0.05) is 25.6 Å². The van der Waals surface area contributed by atoms with Gasteiger partial charge in [-0.05, 0) is 75.6 Å². The highest BCUT2D eigenvalue weighted by molar-refractivity contribution is 5.81. The number of pyridine rings is 1. The molecule has 1 amide bonds. The molecular formula is C27H37N5O3. The highest BCUT2D eigenvalue weighted by Crippen LogP contribution is 2.37. The average molecular weight is 480 g/mol. The van der Waals surface area contributed by atoms with Gasteiger partial charge in [0.2, 0.25) is 0 Å². The number of piperidine rings is 1. The fraction of sp³-hybridized carbons (Fsp3) is 0.519. The van der Waals surface area contributed by atoms with Gasteiger partial charge in [-0.2, -0.15) is 0 Å². The van der Waals surface area contributed by atoms with Crippen LogP contribution in [0.4, 0.5) is 4.79 Å². The predicted molar refractivity (Wildman–Crippen MR) is 135 cm³/mol. The third-order valence-corrected chi connectivity index (χ3v) is 6.72. The monoisotopic (exact) mass is 479 g/mol. The van der Waals surface area contributed by atoms with E-state index in [4.69, 9.17) is 26.0 Å². The standard InChI is InChI=1S/C27H37N5O3/c1-27(2,3)35-26(33)31-14-12-18(13-15-31)16-25(30)32-17-19(8-11-24(32)29)34-23-10-9-22(28)20-6-4-5-7-21(20)23/h4-8,11,17-18,22-23,29-30H,9-10,12-16,28H2,1-3H3/t22-,23+/m0/s1. The van der Waals surface area contributed by atoms with Gasteiger partial charge in [-0.25, -0.2) is 4.79 Å². The second kappa shape index (κ2) is 10.2. The largest absolute Gasteiger partial charge is 0.484 e. The van der Waals surface area contributed by atoms with Crippen LogP contribution in [0.2, 0.25) is 0 Å². The Labute approximate surface area is 207 Å². The maximum atomic E-state index is 12.3. The number of hydrogen-bond acceptors (Lipinski definition) is 6. The number of carbonyl (C=O) groups excluding carboxylic acids is 1. The normalized spacial score (nSPS) is 20.7. The second-order valence-electron chi connectivity index (χ2n) is 10.6. The van der Waals surface area contributed by atoms with Crippen molar-refractivity contribution < 1.29 is 14.3 Å². The maximum Gasteiger partial charge on any atom is 0.410 e. The van der Waals surface area contributed by atoms with Crippen molar-refractivity contribution in [3.63, 3.8) is 0 Å². The van der Waals surface area contributed by atoms with Crippen LogP contribution in [-0.4, -0.2) is 40.1 Å². The molecule has 8 nitrogen and oxygen atoms in total. The van der Waals surface area contributed by atoms with Crippen LogP contribution in [0.15, 0.2) is 42.6 Å². The third-order valence-electron chi connectivity index (χ3n) is 6.72. The van der Waals surface area contributed by atoms with Gasteiger partial charge in [0.05, 0.1) is 6.20 Å². The van der Waals surface area contributed by atoms with Crippen molar-refractivity contribution in [2.24, 2.45) is 11.7 Å². The van der Waals surface area contributed by atoms with E-state index in [2.05, 4.69) is 12.1 Å². The van der Waals surface area contributed by atoms with Crippen LogP contribution in [0.25, 0.3) is 0 Å². The van der Waals surface area contributed by atoms with Crippen molar-refractivity contribution in [1.82, 2.24) is 9.47 Å². The predicted octanol–water partition coefficient (Wildman–Crippen LogP) is 4.74. The molecule has 4 N–H and O–H groups in total. The van der Waals surface area contributed by atoms with Gasteiger partial charge < -0.3 is 20.1 Å². The number of nitrogens with zero attached hydrogens (tertiary/aromatic N) is 2. The summed E-state index contributed by atoms with van der Waals surface area (Å²) in [7, 11) is 0. The topological polar surface area (TPSA) is 117 Å². The van der Waals surface area contributed by atoms with Crippen LogP contribution in [0.1, 0.15) is 76.1 Å². The first-order chi connectivity index (χ1) is 16.6. The Balaban J connectivity index is 1.38. The Kier molecular flexibility index (Phi) is 7.31. The molecule has 2 atom stereocenters. The van der Waals surface area contributed by atoms with E-state index in [9.17, 15) is 4.79 Å². The van der Waals surface area contributed by atoms with Crippen LogP contribution >= 0.6 is 0 Å². The quantitative estimate of drug-likeness (QED) is 0.433. The zero-order valence-electron chi connectivity index (χ0n) is 20.9. The van der Waals surface area contributed by atoms with Crippen molar-refractivity contribution in [3.05, 3.63) is 59.2 Å². The molecule has 0 bridgehead atoms. The number of likely N-dealkylation sites (tertiary alicyclic amines) is 1. The molecule has 4 rings (SSSR count). The molecule has 0 radical (unpaired) electrons. The fourth-order valence-electron chi connectivity index (χ4n) is 4.86. The van der Waals surface area contributed by atoms with E-state index in [-0.39, 0.29) is 29.6 Å². The molecule has 2 aliphatic rings. The third kappa shape index (κ3) is 6.11. The van der Waals surface area contributed by atoms with E-state index >= 15 is 0 Å². The average Bonchev–Trinajstić information content (AvgIpc) is 2.81. The lowest BCUT2D eigenvalue weighted by molar-refractivity contribution is 0.0186. The van der Waals surface area contributed by atoms with E-state index in [0.29, 0.717) is 31.1 Å². The van der Waals surface area contributed by atoms with Crippen molar-refractivity contribution in [2.45, 2.75) is 70.6 Å². The minimum Gasteiger partial charge on any atom is -0.484 e. The van der Waals surface area contributed by atoms with E-state index in [0.717, 1.165) is 36.8 Å². The van der Waals surface area contributed by atoms with Crippen LogP contribution in [0.5, 0.6) is 5.75 Å². The SMILES string of the molecule is CC(C)(C)OC(=O)N1CCC(CC(=N)n2cc(O[C@@H]3CC[C@H](N)c4ccccc43)ccc2=N)CC1. The van der Waals surface area contributed by atoms with Gasteiger partial charge in [0.1, 0.15) is 28.8 Å². The zero-order chi connectivity index (χ0) is 25.2. The Morgan fingerprint density at radius 1 is 1.06 bits per heavy atom. The summed E-state index contributed by atoms with van der Waals surface area (Å²) >= 11 is 0. The summed E-state index contributed by atoms with van der Waals surface area (Å²) in [6.45, 7) is 6.85. The summed E-state index contributed by atoms with van der Waals surface area (Å²) in [5.74, 6) is 1.28. The number of rotatable bonds is 4. The van der Waals surface area contributed by atoms with E-state index in [1.54, 1.807) is 27.8 Å². The first-order valence-corrected chi connectivity index (χ1v) is 12.4. The van der Waals surface area contributed by atoms with Crippen molar-refractivity contribution in [1.29, 1.82) is 10.8 Å². The van der Waals surface area contributed by atoms with E-state index < -0.39 is 5.60 Å². The van der Waals surface area contributed by atoms with Gasteiger partial charge >= 0.3 is 6.09 Å². The van der Waals surface area contributed by atoms with Crippen molar-refractivity contribution in [2.75, 3.05) is 13.1 Å². The van der Waals surface area contributed by atoms with Crippen LogP contribution in [0, 0.1) is 16.7 Å². The molecule has 1 aliphatic heterocycles. The first-order valence-electron chi connectivity index (χ1n) is 12.4. The molecule has 2 heterocycles. The molecule has 0 saturated carbocycles. The minimum absolute atomic E-state index is 0.0292. The van der Waals surface area contributed by atoms with Gasteiger partial charge in [-0.15, -0.1) is 0 Å². The summed E-state index contributed by atoms with van der Waals surface area (Å²) in [6, 6.07) is 11.6. The van der Waals surface area contributed by atoms with Crippen molar-refractivity contribution >= 4 is 11.9 Å². The smallest absolute Gasteiger partial charge is 0.410 e. The molecule has 1 saturated heterocycles. The number of hydrogen-bond donors (Lipinski definition) is 3.